The molecular weight excluding hydrogens is 593 g/mol. The molecule has 0 saturated carbocycles. The number of methoxy groups -OCH3 is 1. The predicted octanol–water partition coefficient (Wildman–Crippen LogP) is 6.57. The van der Waals surface area contributed by atoms with Crippen molar-refractivity contribution in [2.24, 2.45) is 0 Å². The highest BCUT2D eigenvalue weighted by Crippen LogP contribution is 2.46. The normalized spacial score (nSPS) is 14.9. The van der Waals surface area contributed by atoms with Gasteiger partial charge in [0.25, 0.3) is 5.91 Å². The Morgan fingerprint density at radius 2 is 1.88 bits per heavy atom. The van der Waals surface area contributed by atoms with E-state index in [9.17, 15) is 14.7 Å². The smallest absolute Gasteiger partial charge is 0.296 e. The molecule has 0 aliphatic carbocycles. The number of Topliss-reactive ketones (excluding diaryl/α,β-unsaturated/α-hetero) is 1. The van der Waals surface area contributed by atoms with Crippen molar-refractivity contribution in [2.45, 2.75) is 36.9 Å². The number of anilines is 1. The van der Waals surface area contributed by atoms with Crippen molar-refractivity contribution in [2.75, 3.05) is 18.6 Å². The molecule has 1 amide bonds. The minimum atomic E-state index is -0.989. The first kappa shape index (κ1) is 29.5. The Kier molecular flexibility index (Phi) is 8.76. The monoisotopic (exact) mass is 620 g/mol. The largest absolute Gasteiger partial charge is 0.503 e. The molecule has 216 valence electrons. The van der Waals surface area contributed by atoms with Crippen LogP contribution in [0.25, 0.3) is 0 Å². The van der Waals surface area contributed by atoms with Gasteiger partial charge in [0.1, 0.15) is 6.61 Å². The zero-order chi connectivity index (χ0) is 30.0. The number of nitrogens with zero attached hydrogens (tertiary/aromatic N) is 4. The molecule has 9 nitrogen and oxygen atoms in total. The molecule has 1 aliphatic heterocycles. The maximum atomic E-state index is 13.9. The Labute approximate surface area is 255 Å². The van der Waals surface area contributed by atoms with Crippen LogP contribution in [0.5, 0.6) is 11.5 Å². The molecule has 0 saturated heterocycles. The number of carbonyl (C=O) groups is 2. The highest BCUT2D eigenvalue weighted by molar-refractivity contribution is 8.00. The van der Waals surface area contributed by atoms with Crippen molar-refractivity contribution in [1.29, 1.82) is 0 Å². The molecule has 0 bridgehead atoms. The van der Waals surface area contributed by atoms with E-state index < -0.39 is 23.5 Å². The highest BCUT2D eigenvalue weighted by atomic mass is 32.2. The maximum absolute atomic E-state index is 13.9. The van der Waals surface area contributed by atoms with E-state index in [2.05, 4.69) is 46.0 Å². The third kappa shape index (κ3) is 5.83. The number of aliphatic hydroxyl groups is 1. The summed E-state index contributed by atoms with van der Waals surface area (Å²) in [5, 5.41) is 20.7. The molecular formula is C30H28N4O5S3. The number of benzene rings is 2. The lowest BCUT2D eigenvalue weighted by Gasteiger charge is -2.24. The summed E-state index contributed by atoms with van der Waals surface area (Å²) < 4.78 is 11.9. The number of aryl methyl sites for hydroxylation is 3. The SMILES string of the molecule is C=CCOc1ccc(C2C(C(=O)c3sc(C)nc3C)=C(O)C(=O)N2c2nnc(SCc3ccc(C)cc3)s2)cc1OC. The van der Waals surface area contributed by atoms with Gasteiger partial charge in [-0.3, -0.25) is 14.5 Å². The minimum absolute atomic E-state index is 0.0578. The molecule has 42 heavy (non-hydrogen) atoms. The second kappa shape index (κ2) is 12.5. The first-order valence-electron chi connectivity index (χ1n) is 12.9. The topological polar surface area (TPSA) is 115 Å². The van der Waals surface area contributed by atoms with E-state index in [0.717, 1.165) is 5.56 Å². The predicted molar refractivity (Wildman–Crippen MR) is 165 cm³/mol. The van der Waals surface area contributed by atoms with E-state index in [1.807, 2.05) is 6.92 Å². The Balaban J connectivity index is 1.54. The van der Waals surface area contributed by atoms with Gasteiger partial charge in [-0.15, -0.1) is 21.5 Å². The number of amides is 1. The van der Waals surface area contributed by atoms with E-state index >= 15 is 0 Å². The van der Waals surface area contributed by atoms with Gasteiger partial charge >= 0.3 is 0 Å². The van der Waals surface area contributed by atoms with Gasteiger partial charge in [0.2, 0.25) is 10.9 Å². The van der Waals surface area contributed by atoms with Gasteiger partial charge in [0.05, 0.1) is 34.3 Å². The average Bonchev–Trinajstić information content (AvgIpc) is 3.66. The molecule has 12 heteroatoms. The minimum Gasteiger partial charge on any atom is -0.503 e. The molecule has 1 N–H and O–H groups in total. The van der Waals surface area contributed by atoms with Gasteiger partial charge < -0.3 is 14.6 Å². The molecule has 0 fully saturated rings. The van der Waals surface area contributed by atoms with Crippen LogP contribution in [0.2, 0.25) is 0 Å². The van der Waals surface area contributed by atoms with Crippen LogP contribution in [0.15, 0.2) is 70.8 Å². The number of ketones is 1. The number of aromatic nitrogens is 3. The third-order valence-corrected chi connectivity index (χ3v) is 9.71. The van der Waals surface area contributed by atoms with Gasteiger partial charge in [-0.25, -0.2) is 4.98 Å². The summed E-state index contributed by atoms with van der Waals surface area (Å²) in [5.74, 6) is -0.299. The first-order chi connectivity index (χ1) is 20.2. The van der Waals surface area contributed by atoms with Crippen molar-refractivity contribution in [3.05, 3.63) is 98.7 Å². The number of thioether (sulfide) groups is 1. The molecule has 2 aromatic heterocycles. The summed E-state index contributed by atoms with van der Waals surface area (Å²) in [6.45, 7) is 9.51. The molecule has 0 spiro atoms. The summed E-state index contributed by atoms with van der Waals surface area (Å²) in [5.41, 5.74) is 3.31. The number of carbonyl (C=O) groups excluding carboxylic acids is 2. The fourth-order valence-electron chi connectivity index (χ4n) is 4.52. The lowest BCUT2D eigenvalue weighted by atomic mass is 9.95. The molecule has 3 heterocycles. The maximum Gasteiger partial charge on any atom is 0.296 e. The molecule has 1 unspecified atom stereocenters. The van der Waals surface area contributed by atoms with Gasteiger partial charge in [0, 0.05) is 5.75 Å². The number of aliphatic hydroxyl groups excluding tert-OH is 1. The van der Waals surface area contributed by atoms with Crippen molar-refractivity contribution in [3.8, 4) is 11.5 Å². The Hall–Kier alpha value is -4.00. The van der Waals surface area contributed by atoms with Gasteiger partial charge in [-0.2, -0.15) is 0 Å². The van der Waals surface area contributed by atoms with Crippen molar-refractivity contribution >= 4 is 51.3 Å². The fraction of sp³-hybridized carbons (Fsp3) is 0.233. The van der Waals surface area contributed by atoms with E-state index in [-0.39, 0.29) is 17.3 Å². The summed E-state index contributed by atoms with van der Waals surface area (Å²) in [7, 11) is 1.50. The number of ether oxygens (including phenoxy) is 2. The summed E-state index contributed by atoms with van der Waals surface area (Å²) in [6, 6.07) is 12.4. The van der Waals surface area contributed by atoms with E-state index in [4.69, 9.17) is 9.47 Å². The Morgan fingerprint density at radius 3 is 2.55 bits per heavy atom. The summed E-state index contributed by atoms with van der Waals surface area (Å²) in [4.78, 5) is 33.6. The number of thiazole rings is 1. The van der Waals surface area contributed by atoms with Crippen LogP contribution in [0.1, 0.15) is 43.1 Å². The first-order valence-corrected chi connectivity index (χ1v) is 15.5. The number of hydrogen-bond donors (Lipinski definition) is 1. The number of hydrogen-bond acceptors (Lipinski definition) is 11. The Bertz CT molecular complexity index is 1690. The van der Waals surface area contributed by atoms with Crippen LogP contribution in [0.3, 0.4) is 0 Å². The van der Waals surface area contributed by atoms with Crippen molar-refractivity contribution in [1.82, 2.24) is 15.2 Å². The Morgan fingerprint density at radius 1 is 1.12 bits per heavy atom. The highest BCUT2D eigenvalue weighted by Gasteiger charge is 2.47. The lowest BCUT2D eigenvalue weighted by molar-refractivity contribution is -0.117. The second-order valence-electron chi connectivity index (χ2n) is 9.45. The average molecular weight is 621 g/mol. The standard InChI is InChI=1S/C30H28N4O5S3/c1-6-13-39-21-12-11-20(14-22(21)38-5)24-23(25(35)27-17(3)31-18(4)41-27)26(36)28(37)34(24)29-32-33-30(42-29)40-15-19-9-7-16(2)8-10-19/h6-12,14,24,36H,1,13,15H2,2-5H3. The molecule has 1 atom stereocenters. The van der Waals surface area contributed by atoms with E-state index in [1.165, 1.54) is 52.0 Å². The second-order valence-corrected chi connectivity index (χ2v) is 12.8. The summed E-state index contributed by atoms with van der Waals surface area (Å²) >= 11 is 3.93. The van der Waals surface area contributed by atoms with Gasteiger partial charge in [0.15, 0.2) is 21.6 Å². The molecule has 4 aromatic rings. The van der Waals surface area contributed by atoms with Crippen LogP contribution >= 0.6 is 34.4 Å². The van der Waals surface area contributed by atoms with E-state index in [1.54, 1.807) is 38.1 Å². The van der Waals surface area contributed by atoms with Crippen LogP contribution in [-0.4, -0.2) is 45.7 Å². The molecule has 5 rings (SSSR count). The zero-order valence-corrected chi connectivity index (χ0v) is 25.9. The lowest BCUT2D eigenvalue weighted by Crippen LogP contribution is -2.31. The quantitative estimate of drug-likeness (QED) is 0.0861. The van der Waals surface area contributed by atoms with Crippen LogP contribution in [0.4, 0.5) is 5.13 Å². The van der Waals surface area contributed by atoms with E-state index in [0.29, 0.717) is 42.7 Å². The van der Waals surface area contributed by atoms with Crippen molar-refractivity contribution < 1.29 is 24.2 Å². The zero-order valence-electron chi connectivity index (χ0n) is 23.4. The molecule has 2 aromatic carbocycles. The van der Waals surface area contributed by atoms with Crippen LogP contribution in [-0.2, 0) is 10.5 Å². The van der Waals surface area contributed by atoms with Crippen LogP contribution < -0.4 is 14.4 Å². The van der Waals surface area contributed by atoms with Crippen molar-refractivity contribution in [3.63, 3.8) is 0 Å². The van der Waals surface area contributed by atoms with Gasteiger partial charge in [-0.05, 0) is 44.0 Å². The summed E-state index contributed by atoms with van der Waals surface area (Å²) in [6.07, 6.45) is 1.62. The fourth-order valence-corrected chi connectivity index (χ4v) is 7.22. The number of rotatable bonds is 11. The molecule has 0 radical (unpaired) electrons. The third-order valence-electron chi connectivity index (χ3n) is 6.51. The van der Waals surface area contributed by atoms with Gasteiger partial charge in [-0.1, -0.05) is 71.6 Å². The van der Waals surface area contributed by atoms with Crippen LogP contribution in [0, 0.1) is 20.8 Å². The molecule has 1 aliphatic rings.